The van der Waals surface area contributed by atoms with Crippen molar-refractivity contribution < 1.29 is 38.6 Å². The molecule has 3 heterocycles. The molecule has 1 aromatic rings. The summed E-state index contributed by atoms with van der Waals surface area (Å²) in [6.07, 6.45) is 3.06. The minimum absolute atomic E-state index is 0.0285. The number of rotatable bonds is 4. The van der Waals surface area contributed by atoms with Gasteiger partial charge in [-0.05, 0) is 53.2 Å². The van der Waals surface area contributed by atoms with Gasteiger partial charge in [0.1, 0.15) is 23.7 Å². The Morgan fingerprint density at radius 1 is 1.13 bits per heavy atom. The van der Waals surface area contributed by atoms with Crippen molar-refractivity contribution in [1.29, 1.82) is 0 Å². The standard InChI is InChI=1S/C35H48N4O8/c1-7-23-16-35(23,30(42)43)37-28(40)26-15-24-18-39(26)29(41)27(33(2,3)4)36-31(44)46-20-34(5,6)14-9-8-11-21-12-10-13-22-17-38(19-25(21)22)32(45)47-24/h7,10,12-13,23-24,26-27H,1,8-9,11,14-20H2,2-6H3,(H,36,44)(H,37,40)(H,42,43)/t23-,24-,26+,27-,35-/m1/s1. The van der Waals surface area contributed by atoms with Gasteiger partial charge in [-0.2, -0.15) is 0 Å². The molecule has 2 fully saturated rings. The first-order valence-corrected chi connectivity index (χ1v) is 16.5. The number of carbonyl (C=O) groups excluding carboxylic acids is 4. The normalized spacial score (nSPS) is 29.7. The number of aryl methyl sites for hydroxylation is 1. The molecule has 5 atom stereocenters. The zero-order valence-electron chi connectivity index (χ0n) is 28.1. The van der Waals surface area contributed by atoms with Gasteiger partial charge in [-0.25, -0.2) is 14.4 Å². The van der Waals surface area contributed by atoms with Crippen LogP contribution in [0, 0.1) is 16.7 Å². The van der Waals surface area contributed by atoms with E-state index in [4.69, 9.17) is 9.47 Å². The van der Waals surface area contributed by atoms with Gasteiger partial charge >= 0.3 is 18.2 Å². The average molecular weight is 653 g/mol. The Labute approximate surface area is 276 Å². The number of cyclic esters (lactones) is 1. The number of alkyl carbamates (subject to hydrolysis) is 1. The van der Waals surface area contributed by atoms with E-state index in [1.807, 2.05) is 26.0 Å². The van der Waals surface area contributed by atoms with Crippen LogP contribution in [0.3, 0.4) is 0 Å². The lowest BCUT2D eigenvalue weighted by Crippen LogP contribution is -2.59. The maximum Gasteiger partial charge on any atom is 0.410 e. The molecule has 12 heteroatoms. The quantitative estimate of drug-likeness (QED) is 0.410. The SMILES string of the molecule is C=C[C@@H]1C[C@]1(NC(=O)[C@@H]1C[C@@H]2CN1C(=O)[C@H](C(C)(C)C)NC(=O)OCC(C)(C)CCCCc1cccc3c1CN(C3)C(=O)O2)C(=O)O. The van der Waals surface area contributed by atoms with E-state index in [2.05, 4.69) is 23.3 Å². The molecule has 0 unspecified atom stereocenters. The molecule has 1 saturated carbocycles. The van der Waals surface area contributed by atoms with Crippen LogP contribution < -0.4 is 10.6 Å². The van der Waals surface area contributed by atoms with E-state index in [-0.39, 0.29) is 31.4 Å². The van der Waals surface area contributed by atoms with Crippen LogP contribution in [0.25, 0.3) is 0 Å². The number of benzene rings is 1. The Kier molecular flexibility index (Phi) is 9.36. The predicted molar refractivity (Wildman–Crippen MR) is 172 cm³/mol. The fourth-order valence-corrected chi connectivity index (χ4v) is 6.99. The molecule has 5 rings (SSSR count). The highest BCUT2D eigenvalue weighted by molar-refractivity contribution is 5.96. The third-order valence-corrected chi connectivity index (χ3v) is 10.0. The minimum atomic E-state index is -1.51. The van der Waals surface area contributed by atoms with E-state index in [1.54, 1.807) is 25.7 Å². The van der Waals surface area contributed by atoms with Gasteiger partial charge in [0.25, 0.3) is 0 Å². The number of nitrogens with zero attached hydrogens (tertiary/aromatic N) is 2. The third-order valence-electron chi connectivity index (χ3n) is 10.0. The van der Waals surface area contributed by atoms with Crippen LogP contribution in [-0.4, -0.2) is 81.8 Å². The van der Waals surface area contributed by atoms with E-state index < -0.39 is 65.0 Å². The number of nitrogens with one attached hydrogen (secondary N) is 2. The second-order valence-corrected chi connectivity index (χ2v) is 15.4. The van der Waals surface area contributed by atoms with Crippen molar-refractivity contribution in [2.75, 3.05) is 13.2 Å². The molecule has 256 valence electrons. The summed E-state index contributed by atoms with van der Waals surface area (Å²) in [5, 5.41) is 15.3. The Morgan fingerprint density at radius 2 is 1.85 bits per heavy atom. The second kappa shape index (κ2) is 12.8. The van der Waals surface area contributed by atoms with Gasteiger partial charge in [0.15, 0.2) is 0 Å². The number of amides is 4. The van der Waals surface area contributed by atoms with Crippen LogP contribution in [0.2, 0.25) is 0 Å². The smallest absolute Gasteiger partial charge is 0.410 e. The van der Waals surface area contributed by atoms with E-state index in [0.29, 0.717) is 13.1 Å². The lowest BCUT2D eigenvalue weighted by Gasteiger charge is -2.35. The molecule has 4 aliphatic rings. The fourth-order valence-electron chi connectivity index (χ4n) is 6.99. The molecule has 3 N–H and O–H groups in total. The molecule has 4 bridgehead atoms. The van der Waals surface area contributed by atoms with Gasteiger partial charge in [-0.1, -0.05) is 65.3 Å². The van der Waals surface area contributed by atoms with E-state index in [0.717, 1.165) is 36.8 Å². The van der Waals surface area contributed by atoms with Crippen LogP contribution in [0.1, 0.15) is 83.4 Å². The van der Waals surface area contributed by atoms with E-state index >= 15 is 0 Å². The Balaban J connectivity index is 1.44. The lowest BCUT2D eigenvalue weighted by atomic mass is 9.85. The van der Waals surface area contributed by atoms with Gasteiger partial charge in [0, 0.05) is 25.4 Å². The van der Waals surface area contributed by atoms with Gasteiger partial charge in [-0.3, -0.25) is 14.5 Å². The molecule has 0 aromatic heterocycles. The van der Waals surface area contributed by atoms with Crippen LogP contribution in [0.5, 0.6) is 0 Å². The topological polar surface area (TPSA) is 155 Å². The highest BCUT2D eigenvalue weighted by Crippen LogP contribution is 2.45. The maximum atomic E-state index is 14.3. The number of fused-ring (bicyclic) bond motifs is 3. The van der Waals surface area contributed by atoms with Crippen molar-refractivity contribution in [3.63, 3.8) is 0 Å². The summed E-state index contributed by atoms with van der Waals surface area (Å²) in [5.74, 6) is -2.87. The zero-order chi connectivity index (χ0) is 34.3. The summed E-state index contributed by atoms with van der Waals surface area (Å²) < 4.78 is 11.6. The summed E-state index contributed by atoms with van der Waals surface area (Å²) in [4.78, 5) is 69.7. The van der Waals surface area contributed by atoms with Gasteiger partial charge in [-0.15, -0.1) is 6.58 Å². The maximum absolute atomic E-state index is 14.3. The molecule has 1 saturated heterocycles. The molecule has 0 spiro atoms. The number of hydrogen-bond donors (Lipinski definition) is 3. The zero-order valence-corrected chi connectivity index (χ0v) is 28.1. The Bertz CT molecular complexity index is 1450. The van der Waals surface area contributed by atoms with Crippen LogP contribution in [-0.2, 0) is 43.4 Å². The van der Waals surface area contributed by atoms with E-state index in [1.165, 1.54) is 16.5 Å². The molecular formula is C35H48N4O8. The van der Waals surface area contributed by atoms with Crippen molar-refractivity contribution >= 4 is 30.0 Å². The first-order valence-electron chi connectivity index (χ1n) is 16.5. The molecule has 47 heavy (non-hydrogen) atoms. The average Bonchev–Trinajstić information content (AvgIpc) is 3.31. The van der Waals surface area contributed by atoms with Crippen LogP contribution >= 0.6 is 0 Å². The van der Waals surface area contributed by atoms with Gasteiger partial charge in [0.05, 0.1) is 13.2 Å². The Morgan fingerprint density at radius 3 is 2.51 bits per heavy atom. The van der Waals surface area contributed by atoms with Crippen molar-refractivity contribution in [2.24, 2.45) is 16.7 Å². The van der Waals surface area contributed by atoms with Crippen molar-refractivity contribution in [1.82, 2.24) is 20.4 Å². The lowest BCUT2D eigenvalue weighted by molar-refractivity contribution is -0.146. The van der Waals surface area contributed by atoms with Crippen molar-refractivity contribution in [3.05, 3.63) is 47.5 Å². The highest BCUT2D eigenvalue weighted by Gasteiger charge is 2.61. The summed E-state index contributed by atoms with van der Waals surface area (Å²) in [5.41, 5.74) is 0.779. The molecular weight excluding hydrogens is 604 g/mol. The van der Waals surface area contributed by atoms with E-state index in [9.17, 15) is 29.1 Å². The molecule has 0 radical (unpaired) electrons. The van der Waals surface area contributed by atoms with Crippen LogP contribution in [0.15, 0.2) is 30.9 Å². The summed E-state index contributed by atoms with van der Waals surface area (Å²) >= 11 is 0. The minimum Gasteiger partial charge on any atom is -0.479 e. The summed E-state index contributed by atoms with van der Waals surface area (Å²) in [6, 6.07) is 3.89. The number of ether oxygens (including phenoxy) is 2. The molecule has 4 amide bonds. The number of carbonyl (C=O) groups is 5. The molecule has 3 aliphatic heterocycles. The highest BCUT2D eigenvalue weighted by atomic mass is 16.6. The summed E-state index contributed by atoms with van der Waals surface area (Å²) in [6.45, 7) is 14.0. The van der Waals surface area contributed by atoms with Crippen LogP contribution in [0.4, 0.5) is 9.59 Å². The fraction of sp³-hybridized carbons (Fsp3) is 0.629. The van der Waals surface area contributed by atoms with Gasteiger partial charge < -0.3 is 30.1 Å². The summed E-state index contributed by atoms with van der Waals surface area (Å²) in [7, 11) is 0. The van der Waals surface area contributed by atoms with Crippen molar-refractivity contribution in [2.45, 2.75) is 110 Å². The predicted octanol–water partition coefficient (Wildman–Crippen LogP) is 4.15. The number of carboxylic acid groups (broad SMARTS) is 1. The first kappa shape index (κ1) is 34.3. The monoisotopic (exact) mass is 652 g/mol. The molecule has 1 aromatic carbocycles. The first-order chi connectivity index (χ1) is 22.0. The number of hydrogen-bond acceptors (Lipinski definition) is 7. The molecule has 12 nitrogen and oxygen atoms in total. The largest absolute Gasteiger partial charge is 0.479 e. The van der Waals surface area contributed by atoms with Gasteiger partial charge in [0.2, 0.25) is 11.8 Å². The second-order valence-electron chi connectivity index (χ2n) is 15.4. The number of aliphatic carboxylic acids is 1. The molecule has 1 aliphatic carbocycles. The number of carboxylic acids is 1. The third kappa shape index (κ3) is 7.26. The van der Waals surface area contributed by atoms with Crippen molar-refractivity contribution in [3.8, 4) is 0 Å². The Hall–Kier alpha value is -4.09.